The third-order valence-electron chi connectivity index (χ3n) is 4.56. The van der Waals surface area contributed by atoms with Crippen LogP contribution in [0.2, 0.25) is 0 Å². The van der Waals surface area contributed by atoms with Crippen LogP contribution in [0.15, 0.2) is 12.3 Å². The Labute approximate surface area is 107 Å². The van der Waals surface area contributed by atoms with Crippen LogP contribution < -0.4 is 5.32 Å². The van der Waals surface area contributed by atoms with E-state index in [1.165, 1.54) is 0 Å². The summed E-state index contributed by atoms with van der Waals surface area (Å²) in [6, 6.07) is 1.89. The molecule has 18 heavy (non-hydrogen) atoms. The third kappa shape index (κ3) is 1.67. The van der Waals surface area contributed by atoms with E-state index < -0.39 is 0 Å². The predicted octanol–water partition coefficient (Wildman–Crippen LogP) is 1.77. The van der Waals surface area contributed by atoms with Gasteiger partial charge in [0.2, 0.25) is 0 Å². The van der Waals surface area contributed by atoms with Crippen molar-refractivity contribution in [3.8, 4) is 0 Å². The van der Waals surface area contributed by atoms with E-state index >= 15 is 0 Å². The molecule has 2 atom stereocenters. The van der Waals surface area contributed by atoms with Crippen LogP contribution in [0.5, 0.6) is 0 Å². The van der Waals surface area contributed by atoms with Gasteiger partial charge in [0.25, 0.3) is 5.91 Å². The van der Waals surface area contributed by atoms with E-state index in [1.54, 1.807) is 0 Å². The predicted molar refractivity (Wildman–Crippen MR) is 68.6 cm³/mol. The maximum Gasteiger partial charge on any atom is 0.253 e. The average Bonchev–Trinajstić information content (AvgIpc) is 2.95. The first-order valence-corrected chi connectivity index (χ1v) is 6.68. The number of fused-ring (bicyclic) bond motifs is 1. The van der Waals surface area contributed by atoms with Crippen LogP contribution in [0.25, 0.3) is 0 Å². The number of carbonyl (C=O) groups excluding carboxylic acids is 1. The van der Waals surface area contributed by atoms with Gasteiger partial charge >= 0.3 is 0 Å². The molecule has 0 radical (unpaired) electrons. The first-order chi connectivity index (χ1) is 8.62. The van der Waals surface area contributed by atoms with Crippen LogP contribution >= 0.6 is 0 Å². The summed E-state index contributed by atoms with van der Waals surface area (Å²) in [6.45, 7) is 2.75. The van der Waals surface area contributed by atoms with Crippen molar-refractivity contribution in [2.75, 3.05) is 6.61 Å². The highest BCUT2D eigenvalue weighted by atomic mass is 16.5. The van der Waals surface area contributed by atoms with Crippen molar-refractivity contribution in [3.05, 3.63) is 23.5 Å². The fourth-order valence-electron chi connectivity index (χ4n) is 3.30. The molecule has 1 aromatic heterocycles. The molecule has 1 saturated carbocycles. The molecule has 1 N–H and O–H groups in total. The zero-order valence-electron chi connectivity index (χ0n) is 11.0. The minimum absolute atomic E-state index is 0.0468. The highest BCUT2D eigenvalue weighted by molar-refractivity contribution is 5.96. The Morgan fingerprint density at radius 3 is 3.11 bits per heavy atom. The molecule has 4 nitrogen and oxygen atoms in total. The van der Waals surface area contributed by atoms with Gasteiger partial charge in [-0.05, 0) is 38.7 Å². The Morgan fingerprint density at radius 2 is 2.39 bits per heavy atom. The van der Waals surface area contributed by atoms with E-state index in [0.717, 1.165) is 43.5 Å². The summed E-state index contributed by atoms with van der Waals surface area (Å²) in [6.07, 6.45) is 6.39. The third-order valence-corrected chi connectivity index (χ3v) is 4.56. The number of aryl methyl sites for hydroxylation is 1. The van der Waals surface area contributed by atoms with Crippen molar-refractivity contribution < 1.29 is 9.53 Å². The number of nitrogens with zero attached hydrogens (tertiary/aromatic N) is 1. The number of carbonyl (C=O) groups is 1. The molecule has 2 heterocycles. The van der Waals surface area contributed by atoms with Gasteiger partial charge in [0, 0.05) is 25.5 Å². The number of amides is 1. The highest BCUT2D eigenvalue weighted by Gasteiger charge is 2.48. The summed E-state index contributed by atoms with van der Waals surface area (Å²) < 4.78 is 7.71. The van der Waals surface area contributed by atoms with Gasteiger partial charge in [0.05, 0.1) is 17.2 Å². The number of nitrogens with one attached hydrogen (secondary N) is 1. The van der Waals surface area contributed by atoms with Gasteiger partial charge in [-0.1, -0.05) is 0 Å². The smallest absolute Gasteiger partial charge is 0.253 e. The van der Waals surface area contributed by atoms with Crippen molar-refractivity contribution in [2.24, 2.45) is 7.05 Å². The summed E-state index contributed by atoms with van der Waals surface area (Å²) in [7, 11) is 1.96. The Balaban J connectivity index is 1.80. The van der Waals surface area contributed by atoms with Crippen LogP contribution in [0.3, 0.4) is 0 Å². The normalized spacial score (nSPS) is 30.4. The number of hydrogen-bond acceptors (Lipinski definition) is 2. The summed E-state index contributed by atoms with van der Waals surface area (Å²) in [5.41, 5.74) is 1.70. The molecule has 3 rings (SSSR count). The van der Waals surface area contributed by atoms with Crippen LogP contribution in [-0.2, 0) is 11.8 Å². The molecule has 1 aromatic rings. The van der Waals surface area contributed by atoms with Crippen LogP contribution in [0.1, 0.15) is 41.7 Å². The number of hydrogen-bond donors (Lipinski definition) is 1. The lowest BCUT2D eigenvalue weighted by molar-refractivity contribution is 0.0717. The fraction of sp³-hybridized carbons (Fsp3) is 0.643. The number of rotatable bonds is 2. The van der Waals surface area contributed by atoms with Gasteiger partial charge in [-0.2, -0.15) is 0 Å². The van der Waals surface area contributed by atoms with E-state index in [9.17, 15) is 4.79 Å². The lowest BCUT2D eigenvalue weighted by Gasteiger charge is -2.29. The van der Waals surface area contributed by atoms with Gasteiger partial charge in [0.15, 0.2) is 0 Å². The van der Waals surface area contributed by atoms with E-state index in [1.807, 2.05) is 30.8 Å². The number of ether oxygens (including phenoxy) is 1. The summed E-state index contributed by atoms with van der Waals surface area (Å²) in [4.78, 5) is 12.4. The molecule has 1 amide bonds. The molecule has 0 spiro atoms. The minimum Gasteiger partial charge on any atom is -0.376 e. The van der Waals surface area contributed by atoms with E-state index in [-0.39, 0.29) is 17.6 Å². The van der Waals surface area contributed by atoms with Gasteiger partial charge in [-0.25, -0.2) is 0 Å². The quantitative estimate of drug-likeness (QED) is 0.867. The van der Waals surface area contributed by atoms with Crippen LogP contribution in [0, 0.1) is 6.92 Å². The van der Waals surface area contributed by atoms with Crippen molar-refractivity contribution in [3.63, 3.8) is 0 Å². The second-order valence-electron chi connectivity index (χ2n) is 5.54. The maximum atomic E-state index is 12.4. The molecule has 2 fully saturated rings. The Hall–Kier alpha value is -1.29. The highest BCUT2D eigenvalue weighted by Crippen LogP contribution is 2.40. The lowest BCUT2D eigenvalue weighted by atomic mass is 9.93. The molecule has 0 unspecified atom stereocenters. The topological polar surface area (TPSA) is 43.3 Å². The molecule has 98 valence electrons. The van der Waals surface area contributed by atoms with E-state index in [2.05, 4.69) is 5.32 Å². The monoisotopic (exact) mass is 248 g/mol. The van der Waals surface area contributed by atoms with Crippen molar-refractivity contribution >= 4 is 5.91 Å². The van der Waals surface area contributed by atoms with Gasteiger partial charge in [-0.15, -0.1) is 0 Å². The molecule has 4 heteroatoms. The SMILES string of the molecule is Cc1c(C(=O)N[C@]23CCC[C@H]2OCC3)ccn1C. The molecule has 0 bridgehead atoms. The number of aromatic nitrogens is 1. The van der Waals surface area contributed by atoms with Gasteiger partial charge in [-0.3, -0.25) is 4.79 Å². The summed E-state index contributed by atoms with van der Waals surface area (Å²) >= 11 is 0. The Kier molecular flexibility index (Phi) is 2.70. The molecule has 1 saturated heterocycles. The molecular weight excluding hydrogens is 228 g/mol. The van der Waals surface area contributed by atoms with Crippen LogP contribution in [-0.4, -0.2) is 28.7 Å². The zero-order chi connectivity index (χ0) is 12.8. The fourth-order valence-corrected chi connectivity index (χ4v) is 3.30. The Morgan fingerprint density at radius 1 is 1.56 bits per heavy atom. The van der Waals surface area contributed by atoms with Gasteiger partial charge < -0.3 is 14.6 Å². The summed E-state index contributed by atoms with van der Waals surface area (Å²) in [5.74, 6) is 0.0468. The second-order valence-corrected chi connectivity index (χ2v) is 5.54. The van der Waals surface area contributed by atoms with Gasteiger partial charge in [0.1, 0.15) is 0 Å². The standard InChI is InChI=1S/C14H20N2O2/c1-10-11(5-8-16(10)2)13(17)15-14-6-3-4-12(14)18-9-7-14/h5,8,12H,3-4,6-7,9H2,1-2H3,(H,15,17)/t12-,14+/m1/s1. The van der Waals surface area contributed by atoms with Crippen molar-refractivity contribution in [2.45, 2.75) is 44.2 Å². The van der Waals surface area contributed by atoms with E-state index in [4.69, 9.17) is 4.74 Å². The van der Waals surface area contributed by atoms with Crippen LogP contribution in [0.4, 0.5) is 0 Å². The molecule has 1 aliphatic heterocycles. The minimum atomic E-state index is -0.0979. The zero-order valence-corrected chi connectivity index (χ0v) is 11.0. The first-order valence-electron chi connectivity index (χ1n) is 6.68. The molecule has 2 aliphatic rings. The van der Waals surface area contributed by atoms with Crippen molar-refractivity contribution in [1.29, 1.82) is 0 Å². The van der Waals surface area contributed by atoms with Crippen molar-refractivity contribution in [1.82, 2.24) is 9.88 Å². The largest absolute Gasteiger partial charge is 0.376 e. The molecule has 0 aromatic carbocycles. The Bertz CT molecular complexity index is 468. The lowest BCUT2D eigenvalue weighted by Crippen LogP contribution is -2.51. The molecular formula is C14H20N2O2. The van der Waals surface area contributed by atoms with E-state index in [0.29, 0.717) is 0 Å². The maximum absolute atomic E-state index is 12.4. The second kappa shape index (κ2) is 4.12. The summed E-state index contributed by atoms with van der Waals surface area (Å²) in [5, 5.41) is 3.25. The first kappa shape index (κ1) is 11.8. The average molecular weight is 248 g/mol. The molecule has 1 aliphatic carbocycles.